The van der Waals surface area contributed by atoms with E-state index < -0.39 is 5.54 Å². The van der Waals surface area contributed by atoms with Crippen molar-refractivity contribution in [3.05, 3.63) is 47.6 Å². The van der Waals surface area contributed by atoms with Crippen molar-refractivity contribution in [1.29, 1.82) is 0 Å². The van der Waals surface area contributed by atoms with E-state index in [1.165, 1.54) is 0 Å². The lowest BCUT2D eigenvalue weighted by Crippen LogP contribution is -2.34. The minimum atomic E-state index is -0.481. The Kier molecular flexibility index (Phi) is 5.38. The third-order valence-electron chi connectivity index (χ3n) is 4.14. The molecule has 1 saturated carbocycles. The lowest BCUT2D eigenvalue weighted by Gasteiger charge is -2.17. The Morgan fingerprint density at radius 3 is 2.61 bits per heavy atom. The summed E-state index contributed by atoms with van der Waals surface area (Å²) in [5, 5.41) is 6.86. The van der Waals surface area contributed by atoms with Gasteiger partial charge in [0, 0.05) is 5.56 Å². The molecule has 7 heteroatoms. The Labute approximate surface area is 141 Å². The number of halogens is 1. The monoisotopic (exact) mass is 336 g/mol. The van der Waals surface area contributed by atoms with Crippen molar-refractivity contribution in [2.75, 3.05) is 0 Å². The zero-order valence-electron chi connectivity index (χ0n) is 13.0. The number of carbonyl (C=O) groups is 1. The molecule has 3 rings (SSSR count). The van der Waals surface area contributed by atoms with Gasteiger partial charge in [0.05, 0.1) is 5.54 Å². The van der Waals surface area contributed by atoms with Crippen LogP contribution in [-0.4, -0.2) is 16.0 Å². The van der Waals surface area contributed by atoms with Crippen molar-refractivity contribution in [3.8, 4) is 0 Å². The predicted octanol–water partition coefficient (Wildman–Crippen LogP) is 2.71. The summed E-state index contributed by atoms with van der Waals surface area (Å²) in [4.78, 5) is 16.5. The summed E-state index contributed by atoms with van der Waals surface area (Å²) < 4.78 is 5.28. The quantitative estimate of drug-likeness (QED) is 0.895. The van der Waals surface area contributed by atoms with E-state index in [9.17, 15) is 4.79 Å². The molecular formula is C16H21ClN4O2. The number of amides is 1. The number of nitrogens with one attached hydrogen (secondary N) is 1. The lowest BCUT2D eigenvalue weighted by molar-refractivity contribution is 0.0932. The number of carbonyl (C=O) groups excluding carboxylic acids is 1. The first-order valence-electron chi connectivity index (χ1n) is 7.57. The van der Waals surface area contributed by atoms with E-state index in [0.717, 1.165) is 25.7 Å². The molecule has 0 radical (unpaired) electrons. The summed E-state index contributed by atoms with van der Waals surface area (Å²) in [7, 11) is 0. The number of rotatable bonds is 4. The smallest absolute Gasteiger partial charge is 0.251 e. The van der Waals surface area contributed by atoms with Crippen LogP contribution in [0.1, 0.15) is 60.7 Å². The Morgan fingerprint density at radius 2 is 1.96 bits per heavy atom. The van der Waals surface area contributed by atoms with Crippen LogP contribution >= 0.6 is 12.4 Å². The first-order chi connectivity index (χ1) is 10.6. The molecular weight excluding hydrogens is 316 g/mol. The number of benzene rings is 1. The normalized spacial score (nSPS) is 17.3. The maximum Gasteiger partial charge on any atom is 0.251 e. The molecule has 1 aliphatic carbocycles. The molecule has 1 amide bonds. The van der Waals surface area contributed by atoms with Crippen molar-refractivity contribution in [3.63, 3.8) is 0 Å². The van der Waals surface area contributed by atoms with Crippen LogP contribution in [0, 0.1) is 0 Å². The molecule has 1 aliphatic rings. The minimum Gasteiger partial charge on any atom is -0.341 e. The van der Waals surface area contributed by atoms with Crippen LogP contribution in [0.3, 0.4) is 0 Å². The van der Waals surface area contributed by atoms with Crippen molar-refractivity contribution in [2.24, 2.45) is 5.73 Å². The molecule has 1 aromatic heterocycles. The van der Waals surface area contributed by atoms with Crippen LogP contribution in [0.25, 0.3) is 0 Å². The van der Waals surface area contributed by atoms with Gasteiger partial charge in [0.2, 0.25) is 5.89 Å². The van der Waals surface area contributed by atoms with Crippen LogP contribution in [-0.2, 0) is 5.54 Å². The van der Waals surface area contributed by atoms with Crippen LogP contribution in [0.4, 0.5) is 0 Å². The maximum atomic E-state index is 12.1. The van der Waals surface area contributed by atoms with Crippen molar-refractivity contribution >= 4 is 18.3 Å². The van der Waals surface area contributed by atoms with E-state index in [-0.39, 0.29) is 24.4 Å². The average Bonchev–Trinajstić information content (AvgIpc) is 3.18. The van der Waals surface area contributed by atoms with Gasteiger partial charge >= 0.3 is 0 Å². The zero-order chi connectivity index (χ0) is 15.6. The molecule has 0 saturated heterocycles. The van der Waals surface area contributed by atoms with Crippen molar-refractivity contribution < 1.29 is 9.32 Å². The van der Waals surface area contributed by atoms with Gasteiger partial charge in [-0.3, -0.25) is 4.79 Å². The second kappa shape index (κ2) is 7.10. The second-order valence-electron chi connectivity index (χ2n) is 5.88. The number of aromatic nitrogens is 2. The topological polar surface area (TPSA) is 94.0 Å². The van der Waals surface area contributed by atoms with E-state index in [1.807, 2.05) is 25.1 Å². The molecule has 6 nitrogen and oxygen atoms in total. The highest BCUT2D eigenvalue weighted by atomic mass is 35.5. The van der Waals surface area contributed by atoms with E-state index >= 15 is 0 Å². The Balaban J connectivity index is 0.00000192. The van der Waals surface area contributed by atoms with Gasteiger partial charge in [-0.15, -0.1) is 12.4 Å². The Morgan fingerprint density at radius 1 is 1.30 bits per heavy atom. The summed E-state index contributed by atoms with van der Waals surface area (Å²) >= 11 is 0. The molecule has 1 fully saturated rings. The van der Waals surface area contributed by atoms with Gasteiger partial charge < -0.3 is 15.6 Å². The summed E-state index contributed by atoms with van der Waals surface area (Å²) in [6.07, 6.45) is 3.91. The fraction of sp³-hybridized carbons (Fsp3) is 0.438. The molecule has 23 heavy (non-hydrogen) atoms. The third kappa shape index (κ3) is 3.71. The lowest BCUT2D eigenvalue weighted by atomic mass is 9.99. The van der Waals surface area contributed by atoms with E-state index in [0.29, 0.717) is 17.3 Å². The molecule has 1 aromatic carbocycles. The summed E-state index contributed by atoms with van der Waals surface area (Å²) in [5.41, 5.74) is 6.43. The average molecular weight is 337 g/mol. The van der Waals surface area contributed by atoms with Gasteiger partial charge in [0.15, 0.2) is 5.82 Å². The molecule has 1 unspecified atom stereocenters. The second-order valence-corrected chi connectivity index (χ2v) is 5.88. The Hall–Kier alpha value is -1.92. The number of nitrogens with two attached hydrogens (primary N) is 1. The van der Waals surface area contributed by atoms with Crippen molar-refractivity contribution in [1.82, 2.24) is 15.5 Å². The molecule has 3 N–H and O–H groups in total. The molecule has 0 bridgehead atoms. The highest BCUT2D eigenvalue weighted by Gasteiger charge is 2.36. The Bertz CT molecular complexity index is 653. The summed E-state index contributed by atoms with van der Waals surface area (Å²) in [5.74, 6) is 0.757. The first kappa shape index (κ1) is 17.4. The van der Waals surface area contributed by atoms with Crippen LogP contribution in [0.15, 0.2) is 34.9 Å². The van der Waals surface area contributed by atoms with Gasteiger partial charge in [-0.2, -0.15) is 4.98 Å². The standard InChI is InChI=1S/C16H20N4O2.ClH/c1-11(18-13(21)12-7-3-2-4-8-12)14-19-15(20-22-14)16(17)9-5-6-10-16;/h2-4,7-8,11H,5-6,9-10,17H2,1H3,(H,18,21);1H. The predicted molar refractivity (Wildman–Crippen MR) is 88.2 cm³/mol. The van der Waals surface area contributed by atoms with Crippen LogP contribution < -0.4 is 11.1 Å². The minimum absolute atomic E-state index is 0. The fourth-order valence-corrected chi connectivity index (χ4v) is 2.77. The van der Waals surface area contributed by atoms with Gasteiger partial charge in [-0.1, -0.05) is 36.2 Å². The van der Waals surface area contributed by atoms with Crippen molar-refractivity contribution in [2.45, 2.75) is 44.2 Å². The van der Waals surface area contributed by atoms with Gasteiger partial charge in [0.1, 0.15) is 6.04 Å². The van der Waals surface area contributed by atoms with Crippen LogP contribution in [0.2, 0.25) is 0 Å². The molecule has 2 aromatic rings. The number of hydrogen-bond acceptors (Lipinski definition) is 5. The third-order valence-corrected chi connectivity index (χ3v) is 4.14. The molecule has 1 atom stereocenters. The molecule has 1 heterocycles. The molecule has 0 spiro atoms. The van der Waals surface area contributed by atoms with E-state index in [4.69, 9.17) is 10.3 Å². The highest BCUT2D eigenvalue weighted by Crippen LogP contribution is 2.34. The summed E-state index contributed by atoms with van der Waals surface area (Å²) in [6, 6.07) is 8.67. The van der Waals surface area contributed by atoms with Gasteiger partial charge in [-0.25, -0.2) is 0 Å². The maximum absolute atomic E-state index is 12.1. The molecule has 124 valence electrons. The van der Waals surface area contributed by atoms with Gasteiger partial charge in [-0.05, 0) is 31.9 Å². The highest BCUT2D eigenvalue weighted by molar-refractivity contribution is 5.94. The van der Waals surface area contributed by atoms with E-state index in [1.54, 1.807) is 12.1 Å². The first-order valence-corrected chi connectivity index (χ1v) is 7.57. The van der Waals surface area contributed by atoms with Gasteiger partial charge in [0.25, 0.3) is 5.91 Å². The number of nitrogens with zero attached hydrogens (tertiary/aromatic N) is 2. The van der Waals surface area contributed by atoms with E-state index in [2.05, 4.69) is 15.5 Å². The fourth-order valence-electron chi connectivity index (χ4n) is 2.77. The largest absolute Gasteiger partial charge is 0.341 e. The SMILES string of the molecule is CC(NC(=O)c1ccccc1)c1nc(C2(N)CCCC2)no1.Cl. The summed E-state index contributed by atoms with van der Waals surface area (Å²) in [6.45, 7) is 1.82. The van der Waals surface area contributed by atoms with Crippen LogP contribution in [0.5, 0.6) is 0 Å². The molecule has 0 aliphatic heterocycles. The zero-order valence-corrected chi connectivity index (χ0v) is 13.8. The number of hydrogen-bond donors (Lipinski definition) is 2.